The van der Waals surface area contributed by atoms with Gasteiger partial charge in [-0.05, 0) is 31.0 Å². The van der Waals surface area contributed by atoms with Crippen LogP contribution in [-0.4, -0.2) is 28.1 Å². The van der Waals surface area contributed by atoms with Gasteiger partial charge in [-0.1, -0.05) is 12.1 Å². The molecular weight excluding hydrogens is 226 g/mol. The monoisotopic (exact) mass is 243 g/mol. The Morgan fingerprint density at radius 1 is 1.39 bits per heavy atom. The first-order valence-electron chi connectivity index (χ1n) is 5.89. The first kappa shape index (κ1) is 12.4. The fourth-order valence-electron chi connectivity index (χ4n) is 1.90. The van der Waals surface area contributed by atoms with Crippen LogP contribution in [0.2, 0.25) is 0 Å². The minimum absolute atomic E-state index is 0.0393. The van der Waals surface area contributed by atoms with Crippen LogP contribution < -0.4 is 0 Å². The molecule has 0 saturated heterocycles. The highest BCUT2D eigenvalue weighted by atomic mass is 16.2. The Kier molecular flexibility index (Phi) is 3.46. The van der Waals surface area contributed by atoms with E-state index in [1.54, 1.807) is 24.3 Å². The Bertz CT molecular complexity index is 546. The summed E-state index contributed by atoms with van der Waals surface area (Å²) in [6.45, 7) is 4.55. The molecule has 0 fully saturated rings. The Morgan fingerprint density at radius 3 is 2.83 bits per heavy atom. The SMILES string of the molecule is Cc1cccc(C(=O)N(C)Cc2cn[nH]c2)c1C. The molecule has 18 heavy (non-hydrogen) atoms. The standard InChI is InChI=1S/C14H17N3O/c1-10-5-4-6-13(11(10)2)14(18)17(3)9-12-7-15-16-8-12/h4-8H,9H2,1-3H3,(H,15,16). The van der Waals surface area contributed by atoms with Crippen LogP contribution in [-0.2, 0) is 6.54 Å². The van der Waals surface area contributed by atoms with Gasteiger partial charge in [0.2, 0.25) is 0 Å². The van der Waals surface area contributed by atoms with Gasteiger partial charge >= 0.3 is 0 Å². The fraction of sp³-hybridized carbons (Fsp3) is 0.286. The molecule has 0 radical (unpaired) electrons. The number of aromatic nitrogens is 2. The number of carbonyl (C=O) groups excluding carboxylic acids is 1. The summed E-state index contributed by atoms with van der Waals surface area (Å²) in [7, 11) is 1.80. The smallest absolute Gasteiger partial charge is 0.254 e. The molecule has 1 aromatic carbocycles. The molecule has 0 bridgehead atoms. The fourth-order valence-corrected chi connectivity index (χ4v) is 1.90. The third-order valence-corrected chi connectivity index (χ3v) is 3.16. The van der Waals surface area contributed by atoms with Crippen molar-refractivity contribution >= 4 is 5.91 Å². The predicted octanol–water partition coefficient (Wildman–Crippen LogP) is 2.30. The number of nitrogens with one attached hydrogen (secondary N) is 1. The Hall–Kier alpha value is -2.10. The topological polar surface area (TPSA) is 49.0 Å². The third-order valence-electron chi connectivity index (χ3n) is 3.16. The van der Waals surface area contributed by atoms with E-state index in [1.807, 2.05) is 32.0 Å². The number of rotatable bonds is 3. The van der Waals surface area contributed by atoms with E-state index < -0.39 is 0 Å². The van der Waals surface area contributed by atoms with Gasteiger partial charge in [-0.3, -0.25) is 9.89 Å². The quantitative estimate of drug-likeness (QED) is 0.899. The first-order chi connectivity index (χ1) is 8.59. The number of benzene rings is 1. The van der Waals surface area contributed by atoms with Crippen molar-refractivity contribution in [1.29, 1.82) is 0 Å². The van der Waals surface area contributed by atoms with Crippen LogP contribution in [0.25, 0.3) is 0 Å². The molecule has 0 spiro atoms. The van der Waals surface area contributed by atoms with Gasteiger partial charge in [0.15, 0.2) is 0 Å². The molecule has 0 aliphatic rings. The molecular formula is C14H17N3O. The van der Waals surface area contributed by atoms with Crippen LogP contribution in [0.5, 0.6) is 0 Å². The van der Waals surface area contributed by atoms with Crippen LogP contribution in [0.4, 0.5) is 0 Å². The van der Waals surface area contributed by atoms with Crippen molar-refractivity contribution < 1.29 is 4.79 Å². The van der Waals surface area contributed by atoms with Crippen LogP contribution in [0, 0.1) is 13.8 Å². The Labute approximate surface area is 107 Å². The molecule has 4 heteroatoms. The van der Waals surface area contributed by atoms with Crippen molar-refractivity contribution in [3.05, 3.63) is 52.8 Å². The predicted molar refractivity (Wildman–Crippen MR) is 70.3 cm³/mol. The number of hydrogen-bond donors (Lipinski definition) is 1. The van der Waals surface area contributed by atoms with Gasteiger partial charge in [0.25, 0.3) is 5.91 Å². The summed E-state index contributed by atoms with van der Waals surface area (Å²) in [6.07, 6.45) is 3.53. The van der Waals surface area contributed by atoms with Crippen LogP contribution in [0.3, 0.4) is 0 Å². The van der Waals surface area contributed by atoms with Gasteiger partial charge in [-0.25, -0.2) is 0 Å². The molecule has 1 N–H and O–H groups in total. The van der Waals surface area contributed by atoms with Crippen molar-refractivity contribution in [3.63, 3.8) is 0 Å². The number of aromatic amines is 1. The molecule has 0 unspecified atom stereocenters. The van der Waals surface area contributed by atoms with Gasteiger partial charge < -0.3 is 4.90 Å². The molecule has 0 atom stereocenters. The number of nitrogens with zero attached hydrogens (tertiary/aromatic N) is 2. The summed E-state index contributed by atoms with van der Waals surface area (Å²) < 4.78 is 0. The molecule has 0 aliphatic carbocycles. The molecule has 1 amide bonds. The highest BCUT2D eigenvalue weighted by Crippen LogP contribution is 2.15. The van der Waals surface area contributed by atoms with E-state index in [9.17, 15) is 4.79 Å². The molecule has 0 saturated carbocycles. The van der Waals surface area contributed by atoms with Crippen molar-refractivity contribution in [2.45, 2.75) is 20.4 Å². The maximum atomic E-state index is 12.3. The summed E-state index contributed by atoms with van der Waals surface area (Å²) >= 11 is 0. The largest absolute Gasteiger partial charge is 0.337 e. The summed E-state index contributed by atoms with van der Waals surface area (Å²) in [6, 6.07) is 5.81. The molecule has 1 heterocycles. The zero-order valence-electron chi connectivity index (χ0n) is 10.9. The van der Waals surface area contributed by atoms with Crippen molar-refractivity contribution in [3.8, 4) is 0 Å². The first-order valence-corrected chi connectivity index (χ1v) is 5.89. The van der Waals surface area contributed by atoms with Crippen molar-refractivity contribution in [1.82, 2.24) is 15.1 Å². The summed E-state index contributed by atoms with van der Waals surface area (Å²) in [5, 5.41) is 6.62. The van der Waals surface area contributed by atoms with Gasteiger partial charge in [0.05, 0.1) is 6.20 Å². The van der Waals surface area contributed by atoms with Crippen molar-refractivity contribution in [2.24, 2.45) is 0 Å². The van der Waals surface area contributed by atoms with E-state index in [-0.39, 0.29) is 5.91 Å². The average Bonchev–Trinajstić information content (AvgIpc) is 2.84. The lowest BCUT2D eigenvalue weighted by molar-refractivity contribution is 0.0784. The number of carbonyl (C=O) groups is 1. The van der Waals surface area contributed by atoms with Gasteiger partial charge in [0.1, 0.15) is 0 Å². The highest BCUT2D eigenvalue weighted by Gasteiger charge is 2.15. The minimum atomic E-state index is 0.0393. The number of hydrogen-bond acceptors (Lipinski definition) is 2. The lowest BCUT2D eigenvalue weighted by atomic mass is 10.0. The minimum Gasteiger partial charge on any atom is -0.337 e. The van der Waals surface area contributed by atoms with E-state index >= 15 is 0 Å². The third kappa shape index (κ3) is 2.42. The molecule has 4 nitrogen and oxygen atoms in total. The van der Waals surface area contributed by atoms with E-state index in [2.05, 4.69) is 10.2 Å². The van der Waals surface area contributed by atoms with Gasteiger partial charge in [-0.15, -0.1) is 0 Å². The maximum absolute atomic E-state index is 12.3. The summed E-state index contributed by atoms with van der Waals surface area (Å²) in [4.78, 5) is 14.0. The normalized spacial score (nSPS) is 10.4. The second kappa shape index (κ2) is 5.04. The summed E-state index contributed by atoms with van der Waals surface area (Å²) in [5.74, 6) is 0.0393. The van der Waals surface area contributed by atoms with Crippen molar-refractivity contribution in [2.75, 3.05) is 7.05 Å². The number of aryl methyl sites for hydroxylation is 1. The van der Waals surface area contributed by atoms with E-state index in [0.717, 1.165) is 22.3 Å². The molecule has 0 aliphatic heterocycles. The second-order valence-corrected chi connectivity index (χ2v) is 4.52. The molecule has 94 valence electrons. The Morgan fingerprint density at radius 2 is 2.17 bits per heavy atom. The van der Waals surface area contributed by atoms with Crippen LogP contribution >= 0.6 is 0 Å². The maximum Gasteiger partial charge on any atom is 0.254 e. The van der Waals surface area contributed by atoms with Crippen LogP contribution in [0.15, 0.2) is 30.6 Å². The van der Waals surface area contributed by atoms with Gasteiger partial charge in [-0.2, -0.15) is 5.10 Å². The van der Waals surface area contributed by atoms with E-state index in [0.29, 0.717) is 6.54 Å². The Balaban J connectivity index is 2.18. The lowest BCUT2D eigenvalue weighted by Gasteiger charge is -2.18. The second-order valence-electron chi connectivity index (χ2n) is 4.52. The zero-order valence-corrected chi connectivity index (χ0v) is 10.9. The lowest BCUT2D eigenvalue weighted by Crippen LogP contribution is -2.26. The number of H-pyrrole nitrogens is 1. The van der Waals surface area contributed by atoms with Crippen LogP contribution in [0.1, 0.15) is 27.0 Å². The highest BCUT2D eigenvalue weighted by molar-refractivity contribution is 5.95. The van der Waals surface area contributed by atoms with E-state index in [1.165, 1.54) is 0 Å². The van der Waals surface area contributed by atoms with Gasteiger partial charge in [0, 0.05) is 30.9 Å². The average molecular weight is 243 g/mol. The molecule has 2 aromatic rings. The molecule has 1 aromatic heterocycles. The molecule has 2 rings (SSSR count). The summed E-state index contributed by atoms with van der Waals surface area (Å²) in [5.41, 5.74) is 3.94. The number of amides is 1. The zero-order chi connectivity index (χ0) is 13.1. The van der Waals surface area contributed by atoms with E-state index in [4.69, 9.17) is 0 Å².